The van der Waals surface area contributed by atoms with Gasteiger partial charge in [0.2, 0.25) is 0 Å². The third-order valence-electron chi connectivity index (χ3n) is 4.13. The van der Waals surface area contributed by atoms with Crippen molar-refractivity contribution in [2.75, 3.05) is 24.5 Å². The summed E-state index contributed by atoms with van der Waals surface area (Å²) in [4.78, 5) is 21.9. The van der Waals surface area contributed by atoms with Gasteiger partial charge in [-0.1, -0.05) is 0 Å². The number of piperidine rings is 1. The Bertz CT molecular complexity index is 718. The fraction of sp³-hybridized carbons (Fsp3) is 0.438. The Morgan fingerprint density at radius 3 is 3.00 bits per heavy atom. The van der Waals surface area contributed by atoms with Gasteiger partial charge < -0.3 is 19.7 Å². The number of pyridine rings is 1. The first-order valence-electron chi connectivity index (χ1n) is 7.74. The van der Waals surface area contributed by atoms with Crippen LogP contribution in [0.2, 0.25) is 0 Å². The van der Waals surface area contributed by atoms with Crippen LogP contribution in [-0.2, 0) is 0 Å². The van der Waals surface area contributed by atoms with Crippen molar-refractivity contribution >= 4 is 11.7 Å². The van der Waals surface area contributed by atoms with E-state index in [0.717, 1.165) is 19.2 Å². The van der Waals surface area contributed by atoms with Crippen molar-refractivity contribution in [3.8, 4) is 0 Å². The van der Waals surface area contributed by atoms with E-state index in [-0.39, 0.29) is 18.1 Å². The lowest BCUT2D eigenvalue weighted by Gasteiger charge is -2.39. The van der Waals surface area contributed by atoms with Crippen molar-refractivity contribution in [3.05, 3.63) is 42.0 Å². The van der Waals surface area contributed by atoms with Gasteiger partial charge in [0.15, 0.2) is 12.1 Å². The molecule has 1 saturated heterocycles. The number of aromatic nitrogens is 2. The molecule has 0 aliphatic carbocycles. The van der Waals surface area contributed by atoms with Crippen LogP contribution in [0.15, 0.2) is 29.1 Å². The number of carbonyl (C=O) groups excluding carboxylic acids is 1. The zero-order valence-corrected chi connectivity index (χ0v) is 13.3. The number of halogens is 1. The lowest BCUT2D eigenvalue weighted by atomic mass is 9.92. The molecule has 1 aliphatic heterocycles. The predicted molar refractivity (Wildman–Crippen MR) is 84.2 cm³/mol. The van der Waals surface area contributed by atoms with E-state index in [2.05, 4.69) is 15.3 Å². The molecule has 128 valence electrons. The van der Waals surface area contributed by atoms with Crippen LogP contribution < -0.4 is 10.2 Å². The van der Waals surface area contributed by atoms with E-state index in [1.807, 2.05) is 4.90 Å². The van der Waals surface area contributed by atoms with E-state index in [1.54, 1.807) is 13.0 Å². The molecule has 0 spiro atoms. The summed E-state index contributed by atoms with van der Waals surface area (Å²) < 4.78 is 18.0. The minimum absolute atomic E-state index is 0.0931. The van der Waals surface area contributed by atoms with E-state index in [1.165, 1.54) is 12.5 Å². The number of hydrogen-bond acceptors (Lipinski definition) is 6. The maximum atomic E-state index is 13.0. The summed E-state index contributed by atoms with van der Waals surface area (Å²) in [5.74, 6) is 0.251. The molecule has 0 bridgehead atoms. The highest BCUT2D eigenvalue weighted by Gasteiger charge is 2.34. The normalized spacial score (nSPS) is 20.9. The molecule has 0 radical (unpaired) electrons. The fourth-order valence-electron chi connectivity index (χ4n) is 2.86. The Labute approximate surface area is 138 Å². The number of nitrogens with zero attached hydrogens (tertiary/aromatic N) is 3. The van der Waals surface area contributed by atoms with Gasteiger partial charge in [0, 0.05) is 19.6 Å². The SMILES string of the molecule is Cc1ocnc1C(=O)NCC1(O)CCCN(c2ccc(F)cn2)C1. The van der Waals surface area contributed by atoms with Crippen LogP contribution in [0.5, 0.6) is 0 Å². The number of anilines is 1. The Kier molecular flexibility index (Phi) is 4.48. The van der Waals surface area contributed by atoms with Gasteiger partial charge in [0.05, 0.1) is 11.8 Å². The molecular weight excluding hydrogens is 315 g/mol. The number of aliphatic hydroxyl groups is 1. The predicted octanol–water partition coefficient (Wildman–Crippen LogP) is 1.28. The van der Waals surface area contributed by atoms with Crippen molar-refractivity contribution < 1.29 is 18.7 Å². The van der Waals surface area contributed by atoms with Gasteiger partial charge in [-0.2, -0.15) is 0 Å². The Hall–Kier alpha value is -2.48. The maximum Gasteiger partial charge on any atom is 0.273 e. The number of hydrogen-bond donors (Lipinski definition) is 2. The van der Waals surface area contributed by atoms with Crippen LogP contribution in [0.25, 0.3) is 0 Å². The zero-order chi connectivity index (χ0) is 17.2. The summed E-state index contributed by atoms with van der Waals surface area (Å²) in [6.45, 7) is 2.77. The minimum Gasteiger partial charge on any atom is -0.448 e. The Morgan fingerprint density at radius 1 is 1.50 bits per heavy atom. The number of β-amino-alcohol motifs (C(OH)–C–C–N with tert-alkyl or cyclic N) is 1. The molecule has 3 rings (SSSR count). The number of oxazole rings is 1. The van der Waals surface area contributed by atoms with E-state index in [9.17, 15) is 14.3 Å². The molecule has 3 heterocycles. The molecule has 2 aromatic rings. The summed E-state index contributed by atoms with van der Waals surface area (Å²) in [7, 11) is 0. The zero-order valence-electron chi connectivity index (χ0n) is 13.3. The smallest absolute Gasteiger partial charge is 0.273 e. The molecular formula is C16H19FN4O3. The Balaban J connectivity index is 1.63. The average Bonchev–Trinajstić information content (AvgIpc) is 3.00. The van der Waals surface area contributed by atoms with Crippen LogP contribution in [0, 0.1) is 12.7 Å². The van der Waals surface area contributed by atoms with E-state index in [0.29, 0.717) is 24.5 Å². The molecule has 7 nitrogen and oxygen atoms in total. The second-order valence-electron chi connectivity index (χ2n) is 6.02. The number of rotatable bonds is 4. The summed E-state index contributed by atoms with van der Waals surface area (Å²) in [5.41, 5.74) is -0.867. The second-order valence-corrected chi connectivity index (χ2v) is 6.02. The van der Waals surface area contributed by atoms with Crippen molar-refractivity contribution in [2.45, 2.75) is 25.4 Å². The van der Waals surface area contributed by atoms with Crippen molar-refractivity contribution in [3.63, 3.8) is 0 Å². The van der Waals surface area contributed by atoms with Crippen LogP contribution in [-0.4, -0.2) is 46.2 Å². The molecule has 1 aliphatic rings. The summed E-state index contributed by atoms with van der Waals surface area (Å²) in [6.07, 6.45) is 3.66. The molecule has 1 fully saturated rings. The topological polar surface area (TPSA) is 91.5 Å². The molecule has 1 unspecified atom stereocenters. The van der Waals surface area contributed by atoms with Crippen LogP contribution in [0.1, 0.15) is 29.1 Å². The highest BCUT2D eigenvalue weighted by Crippen LogP contribution is 2.24. The first kappa shape index (κ1) is 16.4. The van der Waals surface area contributed by atoms with Gasteiger partial charge in [-0.25, -0.2) is 14.4 Å². The standard InChI is InChI=1S/C16H19FN4O3/c1-11-14(20-10-24-11)15(22)19-8-16(23)5-2-6-21(9-16)13-4-3-12(17)7-18-13/h3-4,7,10,23H,2,5-6,8-9H2,1H3,(H,19,22). The number of aryl methyl sites for hydroxylation is 1. The number of nitrogens with one attached hydrogen (secondary N) is 1. The largest absolute Gasteiger partial charge is 0.448 e. The molecule has 0 aromatic carbocycles. The van der Waals surface area contributed by atoms with Crippen molar-refractivity contribution in [2.24, 2.45) is 0 Å². The van der Waals surface area contributed by atoms with Gasteiger partial charge in [-0.15, -0.1) is 0 Å². The number of carbonyl (C=O) groups is 1. The first-order chi connectivity index (χ1) is 11.5. The van der Waals surface area contributed by atoms with Gasteiger partial charge >= 0.3 is 0 Å². The van der Waals surface area contributed by atoms with E-state index in [4.69, 9.17) is 4.42 Å². The Morgan fingerprint density at radius 2 is 2.33 bits per heavy atom. The molecule has 0 saturated carbocycles. The average molecular weight is 334 g/mol. The van der Waals surface area contributed by atoms with Gasteiger partial charge in [-0.05, 0) is 31.9 Å². The van der Waals surface area contributed by atoms with Gasteiger partial charge in [0.25, 0.3) is 5.91 Å². The lowest BCUT2D eigenvalue weighted by molar-refractivity contribution is 0.0253. The highest BCUT2D eigenvalue weighted by molar-refractivity contribution is 5.93. The van der Waals surface area contributed by atoms with Crippen molar-refractivity contribution in [1.29, 1.82) is 0 Å². The fourth-order valence-corrected chi connectivity index (χ4v) is 2.86. The summed E-state index contributed by atoms with van der Waals surface area (Å²) >= 11 is 0. The van der Waals surface area contributed by atoms with Crippen LogP contribution >= 0.6 is 0 Å². The molecule has 24 heavy (non-hydrogen) atoms. The van der Waals surface area contributed by atoms with Crippen LogP contribution in [0.4, 0.5) is 10.2 Å². The third-order valence-corrected chi connectivity index (χ3v) is 4.13. The minimum atomic E-state index is -1.08. The van der Waals surface area contributed by atoms with Crippen molar-refractivity contribution in [1.82, 2.24) is 15.3 Å². The summed E-state index contributed by atoms with van der Waals surface area (Å²) in [5, 5.41) is 13.5. The van der Waals surface area contributed by atoms with Gasteiger partial charge in [-0.3, -0.25) is 4.79 Å². The maximum absolute atomic E-state index is 13.0. The highest BCUT2D eigenvalue weighted by atomic mass is 19.1. The van der Waals surface area contributed by atoms with Crippen LogP contribution in [0.3, 0.4) is 0 Å². The second kappa shape index (κ2) is 6.56. The van der Waals surface area contributed by atoms with E-state index < -0.39 is 11.4 Å². The quantitative estimate of drug-likeness (QED) is 0.875. The molecule has 1 amide bonds. The van der Waals surface area contributed by atoms with Gasteiger partial charge in [0.1, 0.15) is 17.4 Å². The lowest BCUT2D eigenvalue weighted by Crippen LogP contribution is -2.54. The molecule has 2 aromatic heterocycles. The monoisotopic (exact) mass is 334 g/mol. The molecule has 2 N–H and O–H groups in total. The number of amides is 1. The van der Waals surface area contributed by atoms with E-state index >= 15 is 0 Å². The first-order valence-corrected chi connectivity index (χ1v) is 7.74. The molecule has 1 atom stereocenters. The third kappa shape index (κ3) is 3.53. The summed E-state index contributed by atoms with van der Waals surface area (Å²) in [6, 6.07) is 2.92. The molecule has 8 heteroatoms.